The summed E-state index contributed by atoms with van der Waals surface area (Å²) in [6.07, 6.45) is 1.42. The van der Waals surface area contributed by atoms with E-state index in [2.05, 4.69) is 5.32 Å². The predicted octanol–water partition coefficient (Wildman–Crippen LogP) is 2.07. The van der Waals surface area contributed by atoms with Crippen LogP contribution in [0.4, 0.5) is 0 Å². The second-order valence-electron chi connectivity index (χ2n) is 4.37. The highest BCUT2D eigenvalue weighted by molar-refractivity contribution is 5.91. The number of carboxylic acids is 1. The van der Waals surface area contributed by atoms with Gasteiger partial charge in [-0.25, -0.2) is 0 Å². The molecule has 0 radical (unpaired) electrons. The molecule has 1 atom stereocenters. The SMILES string of the molecule is CCc1ccc(C(=O)NCC(C)CCC(=O)O)o1. The molecule has 5 nitrogen and oxygen atoms in total. The van der Waals surface area contributed by atoms with E-state index in [0.29, 0.717) is 18.7 Å². The minimum Gasteiger partial charge on any atom is -0.481 e. The summed E-state index contributed by atoms with van der Waals surface area (Å²) in [6, 6.07) is 3.43. The lowest BCUT2D eigenvalue weighted by Gasteiger charge is -2.10. The molecule has 18 heavy (non-hydrogen) atoms. The molecule has 1 aromatic heterocycles. The molecule has 0 bridgehead atoms. The van der Waals surface area contributed by atoms with E-state index >= 15 is 0 Å². The number of carboxylic acid groups (broad SMARTS) is 1. The Morgan fingerprint density at radius 3 is 2.72 bits per heavy atom. The third-order valence-electron chi connectivity index (χ3n) is 2.70. The predicted molar refractivity (Wildman–Crippen MR) is 66.5 cm³/mol. The van der Waals surface area contributed by atoms with Gasteiger partial charge in [-0.05, 0) is 24.5 Å². The number of carbonyl (C=O) groups excluding carboxylic acids is 1. The molecule has 0 saturated carbocycles. The molecule has 0 aliphatic heterocycles. The monoisotopic (exact) mass is 253 g/mol. The Morgan fingerprint density at radius 1 is 1.44 bits per heavy atom. The number of carbonyl (C=O) groups is 2. The summed E-state index contributed by atoms with van der Waals surface area (Å²) in [5.74, 6) is 0.144. The summed E-state index contributed by atoms with van der Waals surface area (Å²) < 4.78 is 5.32. The quantitative estimate of drug-likeness (QED) is 0.779. The van der Waals surface area contributed by atoms with Crippen molar-refractivity contribution < 1.29 is 19.1 Å². The highest BCUT2D eigenvalue weighted by Crippen LogP contribution is 2.09. The number of amides is 1. The van der Waals surface area contributed by atoms with Crippen molar-refractivity contribution in [3.63, 3.8) is 0 Å². The molecular formula is C13H19NO4. The fourth-order valence-corrected chi connectivity index (χ4v) is 1.52. The van der Waals surface area contributed by atoms with Crippen molar-refractivity contribution in [1.29, 1.82) is 0 Å². The van der Waals surface area contributed by atoms with Crippen LogP contribution in [0.25, 0.3) is 0 Å². The van der Waals surface area contributed by atoms with Gasteiger partial charge in [-0.15, -0.1) is 0 Å². The van der Waals surface area contributed by atoms with Crippen molar-refractivity contribution in [3.05, 3.63) is 23.7 Å². The number of furan rings is 1. The number of hydrogen-bond donors (Lipinski definition) is 2. The fourth-order valence-electron chi connectivity index (χ4n) is 1.52. The van der Waals surface area contributed by atoms with Crippen molar-refractivity contribution in [2.75, 3.05) is 6.54 Å². The first kappa shape index (κ1) is 14.3. The molecule has 1 rings (SSSR count). The molecule has 1 aromatic rings. The molecule has 0 aliphatic rings. The van der Waals surface area contributed by atoms with Gasteiger partial charge in [-0.1, -0.05) is 13.8 Å². The van der Waals surface area contributed by atoms with E-state index in [-0.39, 0.29) is 18.2 Å². The summed E-state index contributed by atoms with van der Waals surface area (Å²) >= 11 is 0. The van der Waals surface area contributed by atoms with Gasteiger partial charge in [0.15, 0.2) is 5.76 Å². The van der Waals surface area contributed by atoms with Crippen LogP contribution < -0.4 is 5.32 Å². The molecular weight excluding hydrogens is 234 g/mol. The molecule has 0 aromatic carbocycles. The van der Waals surface area contributed by atoms with Gasteiger partial charge in [0.2, 0.25) is 0 Å². The third-order valence-corrected chi connectivity index (χ3v) is 2.70. The highest BCUT2D eigenvalue weighted by atomic mass is 16.4. The van der Waals surface area contributed by atoms with Crippen LogP contribution in [0.2, 0.25) is 0 Å². The number of rotatable bonds is 7. The molecule has 1 unspecified atom stereocenters. The molecule has 0 fully saturated rings. The second-order valence-corrected chi connectivity index (χ2v) is 4.37. The van der Waals surface area contributed by atoms with Gasteiger partial charge in [0.25, 0.3) is 5.91 Å². The van der Waals surface area contributed by atoms with E-state index in [1.54, 1.807) is 12.1 Å². The van der Waals surface area contributed by atoms with E-state index in [1.165, 1.54) is 0 Å². The lowest BCUT2D eigenvalue weighted by molar-refractivity contribution is -0.137. The second kappa shape index (κ2) is 6.83. The molecule has 0 saturated heterocycles. The van der Waals surface area contributed by atoms with Crippen LogP contribution in [0.5, 0.6) is 0 Å². The molecule has 1 amide bonds. The minimum absolute atomic E-state index is 0.123. The van der Waals surface area contributed by atoms with Gasteiger partial charge in [-0.3, -0.25) is 9.59 Å². The summed E-state index contributed by atoms with van der Waals surface area (Å²) in [5.41, 5.74) is 0. The van der Waals surface area contributed by atoms with E-state index in [0.717, 1.165) is 12.2 Å². The highest BCUT2D eigenvalue weighted by Gasteiger charge is 2.12. The first-order chi connectivity index (χ1) is 8.52. The Kier molecular flexibility index (Phi) is 5.42. The van der Waals surface area contributed by atoms with Crippen LogP contribution >= 0.6 is 0 Å². The van der Waals surface area contributed by atoms with Gasteiger partial charge < -0.3 is 14.8 Å². The van der Waals surface area contributed by atoms with Crippen molar-refractivity contribution >= 4 is 11.9 Å². The van der Waals surface area contributed by atoms with Crippen LogP contribution in [-0.4, -0.2) is 23.5 Å². The number of hydrogen-bond acceptors (Lipinski definition) is 3. The van der Waals surface area contributed by atoms with Crippen molar-refractivity contribution in [3.8, 4) is 0 Å². The van der Waals surface area contributed by atoms with Crippen LogP contribution in [0, 0.1) is 5.92 Å². The van der Waals surface area contributed by atoms with Crippen molar-refractivity contribution in [2.45, 2.75) is 33.1 Å². The van der Waals surface area contributed by atoms with E-state index < -0.39 is 5.97 Å². The standard InChI is InChI=1S/C13H19NO4/c1-3-10-5-6-11(18-10)13(17)14-8-9(2)4-7-12(15)16/h5-6,9H,3-4,7-8H2,1-2H3,(H,14,17)(H,15,16). The Labute approximate surface area is 106 Å². The Balaban J connectivity index is 2.34. The molecule has 2 N–H and O–H groups in total. The largest absolute Gasteiger partial charge is 0.481 e. The molecule has 100 valence electrons. The van der Waals surface area contributed by atoms with E-state index in [9.17, 15) is 9.59 Å². The van der Waals surface area contributed by atoms with Gasteiger partial charge in [0.05, 0.1) is 0 Å². The van der Waals surface area contributed by atoms with Gasteiger partial charge >= 0.3 is 5.97 Å². The minimum atomic E-state index is -0.813. The molecule has 5 heteroatoms. The van der Waals surface area contributed by atoms with Crippen molar-refractivity contribution in [1.82, 2.24) is 5.32 Å². The Morgan fingerprint density at radius 2 is 2.17 bits per heavy atom. The number of nitrogens with one attached hydrogen (secondary N) is 1. The van der Waals surface area contributed by atoms with Crippen molar-refractivity contribution in [2.24, 2.45) is 5.92 Å². The van der Waals surface area contributed by atoms with E-state index in [1.807, 2.05) is 13.8 Å². The maximum Gasteiger partial charge on any atom is 0.303 e. The van der Waals surface area contributed by atoms with Gasteiger partial charge in [0, 0.05) is 19.4 Å². The lowest BCUT2D eigenvalue weighted by atomic mass is 10.1. The van der Waals surface area contributed by atoms with Crippen LogP contribution in [0.1, 0.15) is 43.0 Å². The maximum absolute atomic E-state index is 11.7. The topological polar surface area (TPSA) is 79.5 Å². The fraction of sp³-hybridized carbons (Fsp3) is 0.538. The average molecular weight is 253 g/mol. The Hall–Kier alpha value is -1.78. The summed E-state index contributed by atoms with van der Waals surface area (Å²) in [5, 5.41) is 11.3. The summed E-state index contributed by atoms with van der Waals surface area (Å²) in [7, 11) is 0. The first-order valence-corrected chi connectivity index (χ1v) is 6.11. The number of aliphatic carboxylic acids is 1. The summed E-state index contributed by atoms with van der Waals surface area (Å²) in [4.78, 5) is 22.1. The zero-order valence-electron chi connectivity index (χ0n) is 10.7. The molecule has 0 aliphatic carbocycles. The van der Waals surface area contributed by atoms with E-state index in [4.69, 9.17) is 9.52 Å². The zero-order valence-corrected chi connectivity index (χ0v) is 10.7. The van der Waals surface area contributed by atoms with Gasteiger partial charge in [0.1, 0.15) is 5.76 Å². The smallest absolute Gasteiger partial charge is 0.303 e. The normalized spacial score (nSPS) is 12.1. The van der Waals surface area contributed by atoms with Crippen LogP contribution in [-0.2, 0) is 11.2 Å². The lowest BCUT2D eigenvalue weighted by Crippen LogP contribution is -2.28. The maximum atomic E-state index is 11.7. The zero-order chi connectivity index (χ0) is 13.5. The Bertz CT molecular complexity index is 411. The molecule has 1 heterocycles. The van der Waals surface area contributed by atoms with Crippen LogP contribution in [0.3, 0.4) is 0 Å². The first-order valence-electron chi connectivity index (χ1n) is 6.11. The van der Waals surface area contributed by atoms with Crippen LogP contribution in [0.15, 0.2) is 16.5 Å². The average Bonchev–Trinajstić information content (AvgIpc) is 2.82. The van der Waals surface area contributed by atoms with Gasteiger partial charge in [-0.2, -0.15) is 0 Å². The third kappa shape index (κ3) is 4.61. The molecule has 0 spiro atoms. The summed E-state index contributed by atoms with van der Waals surface area (Å²) in [6.45, 7) is 4.31. The number of aryl methyl sites for hydroxylation is 1.